The van der Waals surface area contributed by atoms with Crippen molar-refractivity contribution in [2.45, 2.75) is 45.3 Å². The molecule has 3 aromatic heterocycles. The molecule has 5 rings (SSSR count). The maximum absolute atomic E-state index is 13.4. The Morgan fingerprint density at radius 2 is 1.75 bits per heavy atom. The zero-order valence-electron chi connectivity index (χ0n) is 24.4. The van der Waals surface area contributed by atoms with Crippen LogP contribution in [0.3, 0.4) is 0 Å². The number of carbonyl (C=O) groups excluding carboxylic acids is 4. The van der Waals surface area contributed by atoms with Crippen LogP contribution in [0.5, 0.6) is 0 Å². The van der Waals surface area contributed by atoms with Crippen LogP contribution in [0.25, 0.3) is 0 Å². The smallest absolute Gasteiger partial charge is 0.274 e. The van der Waals surface area contributed by atoms with Gasteiger partial charge < -0.3 is 29.8 Å². The van der Waals surface area contributed by atoms with Crippen molar-refractivity contribution in [1.82, 2.24) is 36.0 Å². The monoisotopic (exact) mass is 599 g/mol. The molecule has 0 aliphatic carbocycles. The molecule has 4 heterocycles. The minimum absolute atomic E-state index is 0.00156. The fourth-order valence-electron chi connectivity index (χ4n) is 4.79. The fourth-order valence-corrected chi connectivity index (χ4v) is 4.79. The van der Waals surface area contributed by atoms with Crippen molar-refractivity contribution in [2.24, 2.45) is 5.92 Å². The fraction of sp³-hybridized carbons (Fsp3) is 0.323. The van der Waals surface area contributed by atoms with E-state index in [0.29, 0.717) is 6.42 Å². The van der Waals surface area contributed by atoms with Gasteiger partial charge in [0.15, 0.2) is 17.1 Å². The van der Waals surface area contributed by atoms with Crippen molar-refractivity contribution in [3.05, 3.63) is 101 Å². The number of hydrogen-bond acceptors (Lipinski definition) is 9. The van der Waals surface area contributed by atoms with Crippen LogP contribution in [0, 0.1) is 5.92 Å². The average molecular weight is 600 g/mol. The van der Waals surface area contributed by atoms with Crippen LogP contribution in [-0.2, 0) is 17.8 Å². The van der Waals surface area contributed by atoms with Crippen LogP contribution in [0.15, 0.2) is 76.0 Å². The first kappa shape index (κ1) is 30.1. The second kappa shape index (κ2) is 13.8. The van der Waals surface area contributed by atoms with Gasteiger partial charge in [0.2, 0.25) is 11.8 Å². The number of pyridine rings is 1. The summed E-state index contributed by atoms with van der Waals surface area (Å²) in [4.78, 5) is 63.2. The lowest BCUT2D eigenvalue weighted by molar-refractivity contribution is -0.123. The highest BCUT2D eigenvalue weighted by atomic mass is 16.5. The molecule has 4 amide bonds. The van der Waals surface area contributed by atoms with Crippen molar-refractivity contribution in [3.8, 4) is 0 Å². The molecule has 13 nitrogen and oxygen atoms in total. The molecule has 2 atom stereocenters. The van der Waals surface area contributed by atoms with Crippen molar-refractivity contribution in [1.29, 1.82) is 0 Å². The van der Waals surface area contributed by atoms with E-state index in [2.05, 4.69) is 31.1 Å². The van der Waals surface area contributed by atoms with E-state index >= 15 is 0 Å². The van der Waals surface area contributed by atoms with Crippen LogP contribution >= 0.6 is 0 Å². The van der Waals surface area contributed by atoms with Gasteiger partial charge in [0.25, 0.3) is 17.7 Å². The van der Waals surface area contributed by atoms with Gasteiger partial charge in [0.1, 0.15) is 24.0 Å². The molecule has 0 saturated heterocycles. The number of fused-ring (bicyclic) bond motifs is 4. The number of rotatable bonds is 5. The summed E-state index contributed by atoms with van der Waals surface area (Å²) in [6.07, 6.45) is 3.39. The SMILES string of the molecule is CC(C)C[C@H]1NC(=O)c2cc(on2)CN(C(=O)c2ccccn2)CCNC(=O)[C@H](Cc2ccccc2)NC(=O)c2coc1n2. The Morgan fingerprint density at radius 3 is 2.50 bits per heavy atom. The predicted molar refractivity (Wildman–Crippen MR) is 156 cm³/mol. The Labute approximate surface area is 253 Å². The van der Waals surface area contributed by atoms with Crippen LogP contribution in [0.1, 0.15) is 75.0 Å². The standard InChI is InChI=1S/C31H33N7O6/c1-19(2)14-25-30-36-26(18-43-30)29(41)34-23(15-20-8-4-3-5-9-20)27(39)33-12-13-38(31(42)22-10-6-7-11-32-22)17-21-16-24(37-44-21)28(40)35-25/h3-11,16,18-19,23,25H,12-15,17H2,1-2H3,(H,33,39)(H,34,41)(H,35,40)/t23-,25+/m0/s1. The number of amides is 4. The second-order valence-corrected chi connectivity index (χ2v) is 10.9. The predicted octanol–water partition coefficient (Wildman–Crippen LogP) is 2.69. The summed E-state index contributed by atoms with van der Waals surface area (Å²) in [7, 11) is 0. The summed E-state index contributed by atoms with van der Waals surface area (Å²) in [5.74, 6) is -1.45. The third-order valence-electron chi connectivity index (χ3n) is 6.96. The molecule has 13 heteroatoms. The molecule has 1 aromatic carbocycles. The highest BCUT2D eigenvalue weighted by Crippen LogP contribution is 2.22. The molecule has 228 valence electrons. The average Bonchev–Trinajstić information content (AvgIpc) is 3.71. The summed E-state index contributed by atoms with van der Waals surface area (Å²) < 4.78 is 11.1. The Kier molecular flexibility index (Phi) is 9.43. The van der Waals surface area contributed by atoms with Gasteiger partial charge in [0, 0.05) is 31.8 Å². The number of nitrogens with one attached hydrogen (secondary N) is 3. The quantitative estimate of drug-likeness (QED) is 0.312. The lowest BCUT2D eigenvalue weighted by Gasteiger charge is -2.23. The number of hydrogen-bond donors (Lipinski definition) is 3. The first-order valence-electron chi connectivity index (χ1n) is 14.3. The Bertz CT molecular complexity index is 1600. The van der Waals surface area contributed by atoms with Crippen molar-refractivity contribution in [2.75, 3.05) is 13.1 Å². The number of carbonyl (C=O) groups is 4. The normalized spacial score (nSPS) is 18.2. The third kappa shape index (κ3) is 7.54. The van der Waals surface area contributed by atoms with E-state index in [-0.39, 0.29) is 60.7 Å². The molecular weight excluding hydrogens is 566 g/mol. The Morgan fingerprint density at radius 1 is 1.00 bits per heavy atom. The molecule has 0 saturated carbocycles. The van der Waals surface area contributed by atoms with Gasteiger partial charge in [-0.05, 0) is 30.0 Å². The van der Waals surface area contributed by atoms with Gasteiger partial charge in [-0.1, -0.05) is 55.4 Å². The summed E-state index contributed by atoms with van der Waals surface area (Å²) in [6.45, 7) is 4.06. The first-order valence-corrected chi connectivity index (χ1v) is 14.3. The van der Waals surface area contributed by atoms with Gasteiger partial charge in [-0.15, -0.1) is 0 Å². The molecule has 0 unspecified atom stereocenters. The van der Waals surface area contributed by atoms with E-state index in [4.69, 9.17) is 8.94 Å². The molecular formula is C31H33N7O6. The lowest BCUT2D eigenvalue weighted by Crippen LogP contribution is -2.49. The summed E-state index contributed by atoms with van der Waals surface area (Å²) in [5, 5.41) is 12.4. The first-order chi connectivity index (χ1) is 21.3. The third-order valence-corrected chi connectivity index (χ3v) is 6.96. The molecule has 3 N–H and O–H groups in total. The minimum atomic E-state index is -0.952. The summed E-state index contributed by atoms with van der Waals surface area (Å²) in [5.41, 5.74) is 1.00. The molecule has 1 aliphatic heterocycles. The molecule has 0 radical (unpaired) electrons. The second-order valence-electron chi connectivity index (χ2n) is 10.9. The molecule has 4 aromatic rings. The van der Waals surface area contributed by atoms with Crippen molar-refractivity contribution in [3.63, 3.8) is 0 Å². The van der Waals surface area contributed by atoms with Crippen LogP contribution < -0.4 is 16.0 Å². The minimum Gasteiger partial charge on any atom is -0.446 e. The summed E-state index contributed by atoms with van der Waals surface area (Å²) >= 11 is 0. The molecule has 0 spiro atoms. The van der Waals surface area contributed by atoms with Gasteiger partial charge >= 0.3 is 0 Å². The zero-order valence-corrected chi connectivity index (χ0v) is 24.4. The number of aromatic nitrogens is 3. The highest BCUT2D eigenvalue weighted by Gasteiger charge is 2.28. The zero-order chi connectivity index (χ0) is 31.1. The molecule has 0 fully saturated rings. The van der Waals surface area contributed by atoms with E-state index < -0.39 is 35.7 Å². The largest absolute Gasteiger partial charge is 0.446 e. The number of oxazole rings is 1. The molecule has 44 heavy (non-hydrogen) atoms. The van der Waals surface area contributed by atoms with Gasteiger partial charge in [-0.25, -0.2) is 4.98 Å². The summed E-state index contributed by atoms with van der Waals surface area (Å²) in [6, 6.07) is 14.1. The number of benzene rings is 1. The van der Waals surface area contributed by atoms with Gasteiger partial charge in [-0.2, -0.15) is 0 Å². The molecule has 1 aliphatic rings. The van der Waals surface area contributed by atoms with E-state index in [1.54, 1.807) is 18.2 Å². The maximum Gasteiger partial charge on any atom is 0.274 e. The van der Waals surface area contributed by atoms with E-state index in [0.717, 1.165) is 5.56 Å². The van der Waals surface area contributed by atoms with E-state index in [1.807, 2.05) is 44.2 Å². The Balaban J connectivity index is 1.47. The maximum atomic E-state index is 13.4. The topological polar surface area (TPSA) is 173 Å². The highest BCUT2D eigenvalue weighted by molar-refractivity contribution is 5.96. The van der Waals surface area contributed by atoms with Crippen LogP contribution in [0.2, 0.25) is 0 Å². The lowest BCUT2D eigenvalue weighted by atomic mass is 10.0. The van der Waals surface area contributed by atoms with Gasteiger partial charge in [-0.3, -0.25) is 24.2 Å². The van der Waals surface area contributed by atoms with E-state index in [1.165, 1.54) is 23.4 Å². The number of nitrogens with zero attached hydrogens (tertiary/aromatic N) is 4. The van der Waals surface area contributed by atoms with Crippen molar-refractivity contribution < 1.29 is 28.1 Å². The van der Waals surface area contributed by atoms with E-state index in [9.17, 15) is 19.2 Å². The van der Waals surface area contributed by atoms with Crippen LogP contribution in [-0.4, -0.2) is 62.8 Å². The van der Waals surface area contributed by atoms with Gasteiger partial charge in [0.05, 0.1) is 6.54 Å². The molecule has 4 bridgehead atoms. The Hall–Kier alpha value is -5.33. The van der Waals surface area contributed by atoms with Crippen molar-refractivity contribution >= 4 is 23.6 Å². The van der Waals surface area contributed by atoms with Crippen LogP contribution in [0.4, 0.5) is 0 Å².